The molecule has 30 heavy (non-hydrogen) atoms. The number of fused-ring (bicyclic) bond motifs is 1. The van der Waals surface area contributed by atoms with Gasteiger partial charge in [-0.1, -0.05) is 66.7 Å². The zero-order chi connectivity index (χ0) is 20.8. The fourth-order valence-electron chi connectivity index (χ4n) is 3.23. The summed E-state index contributed by atoms with van der Waals surface area (Å²) in [6, 6.07) is 25.0. The molecule has 3 aromatic carbocycles. The molecule has 0 radical (unpaired) electrons. The number of nitrogens with one attached hydrogen (secondary N) is 1. The Morgan fingerprint density at radius 3 is 2.53 bits per heavy atom. The van der Waals surface area contributed by atoms with Gasteiger partial charge in [0.2, 0.25) is 5.91 Å². The molecule has 0 spiro atoms. The van der Waals surface area contributed by atoms with Crippen molar-refractivity contribution >= 4 is 16.7 Å². The van der Waals surface area contributed by atoms with Crippen molar-refractivity contribution in [3.63, 3.8) is 0 Å². The van der Waals surface area contributed by atoms with Crippen LogP contribution in [0, 0.1) is 0 Å². The third-order valence-electron chi connectivity index (χ3n) is 4.71. The minimum Gasteiger partial charge on any atom is -0.491 e. The van der Waals surface area contributed by atoms with Gasteiger partial charge in [-0.25, -0.2) is 4.68 Å². The van der Waals surface area contributed by atoms with Gasteiger partial charge in [0.15, 0.2) is 0 Å². The second-order valence-electron chi connectivity index (χ2n) is 6.76. The molecular weight excluding hydrogens is 378 g/mol. The molecule has 6 heteroatoms. The quantitative estimate of drug-likeness (QED) is 0.484. The first-order valence-corrected chi connectivity index (χ1v) is 9.71. The Bertz CT molecular complexity index is 1220. The summed E-state index contributed by atoms with van der Waals surface area (Å²) in [5, 5.41) is 8.15. The molecule has 150 valence electrons. The minimum atomic E-state index is -0.292. The molecule has 1 amide bonds. The molecule has 0 saturated heterocycles. The summed E-state index contributed by atoms with van der Waals surface area (Å²) >= 11 is 0. The molecule has 1 heterocycles. The second-order valence-corrected chi connectivity index (χ2v) is 6.76. The number of benzene rings is 3. The molecule has 4 rings (SSSR count). The van der Waals surface area contributed by atoms with Gasteiger partial charge in [-0.05, 0) is 17.7 Å². The Hall–Kier alpha value is -3.93. The minimum absolute atomic E-state index is 0.135. The molecule has 0 unspecified atom stereocenters. The maximum atomic E-state index is 12.4. The van der Waals surface area contributed by atoms with Crippen LogP contribution >= 0.6 is 0 Å². The number of rotatable bonds is 7. The Morgan fingerprint density at radius 2 is 1.67 bits per heavy atom. The summed E-state index contributed by atoms with van der Waals surface area (Å²) < 4.78 is 7.04. The lowest BCUT2D eigenvalue weighted by Crippen LogP contribution is -2.35. The van der Waals surface area contributed by atoms with E-state index in [-0.39, 0.29) is 18.0 Å². The fourth-order valence-corrected chi connectivity index (χ4v) is 3.23. The Balaban J connectivity index is 1.33. The second kappa shape index (κ2) is 9.05. The Labute approximate surface area is 173 Å². The van der Waals surface area contributed by atoms with Crippen LogP contribution in [-0.2, 0) is 11.3 Å². The average molecular weight is 399 g/mol. The molecule has 4 aromatic rings. The predicted octanol–water partition coefficient (Wildman–Crippen LogP) is 3.26. The zero-order valence-electron chi connectivity index (χ0n) is 16.3. The van der Waals surface area contributed by atoms with E-state index in [0.29, 0.717) is 18.5 Å². The van der Waals surface area contributed by atoms with Gasteiger partial charge >= 0.3 is 0 Å². The van der Waals surface area contributed by atoms with Crippen LogP contribution in [0.1, 0.15) is 0 Å². The van der Waals surface area contributed by atoms with Crippen molar-refractivity contribution in [1.29, 1.82) is 0 Å². The predicted molar refractivity (Wildman–Crippen MR) is 116 cm³/mol. The highest BCUT2D eigenvalue weighted by molar-refractivity contribution is 5.81. The van der Waals surface area contributed by atoms with Crippen molar-refractivity contribution in [2.75, 3.05) is 13.2 Å². The Morgan fingerprint density at radius 1 is 0.933 bits per heavy atom. The molecule has 0 fully saturated rings. The molecule has 0 bridgehead atoms. The van der Waals surface area contributed by atoms with Gasteiger partial charge in [-0.2, -0.15) is 5.10 Å². The highest BCUT2D eigenvalue weighted by Gasteiger charge is 2.09. The molecule has 0 aliphatic rings. The maximum absolute atomic E-state index is 12.4. The normalized spacial score (nSPS) is 10.7. The summed E-state index contributed by atoms with van der Waals surface area (Å²) in [6.45, 7) is 0.504. The number of hydrogen-bond acceptors (Lipinski definition) is 4. The van der Waals surface area contributed by atoms with E-state index in [4.69, 9.17) is 4.74 Å². The topological polar surface area (TPSA) is 73.2 Å². The molecule has 1 aromatic heterocycles. The number of carbonyl (C=O) groups excluding carboxylic acids is 1. The Kier molecular flexibility index (Phi) is 5.85. The number of para-hydroxylation sites is 1. The van der Waals surface area contributed by atoms with Crippen LogP contribution in [0.3, 0.4) is 0 Å². The number of ether oxygens (including phenoxy) is 1. The van der Waals surface area contributed by atoms with Crippen LogP contribution in [0.25, 0.3) is 21.9 Å². The van der Waals surface area contributed by atoms with Gasteiger partial charge in [-0.15, -0.1) is 0 Å². The monoisotopic (exact) mass is 399 g/mol. The van der Waals surface area contributed by atoms with Crippen LogP contribution in [0.15, 0.2) is 89.9 Å². The average Bonchev–Trinajstić information content (AvgIpc) is 2.80. The van der Waals surface area contributed by atoms with Crippen molar-refractivity contribution in [2.45, 2.75) is 6.54 Å². The first-order chi connectivity index (χ1) is 14.7. The first-order valence-electron chi connectivity index (χ1n) is 9.71. The molecule has 0 saturated carbocycles. The number of aromatic nitrogens is 2. The summed E-state index contributed by atoms with van der Waals surface area (Å²) in [5.41, 5.74) is 1.78. The summed E-state index contributed by atoms with van der Waals surface area (Å²) in [4.78, 5) is 24.7. The van der Waals surface area contributed by atoms with Gasteiger partial charge in [0.05, 0.1) is 18.1 Å². The lowest BCUT2D eigenvalue weighted by Gasteiger charge is -2.12. The van der Waals surface area contributed by atoms with Crippen LogP contribution in [0.2, 0.25) is 0 Å². The fraction of sp³-hybridized carbons (Fsp3) is 0.125. The largest absolute Gasteiger partial charge is 0.491 e. The molecule has 6 nitrogen and oxygen atoms in total. The van der Waals surface area contributed by atoms with Gasteiger partial charge in [0.1, 0.15) is 18.9 Å². The zero-order valence-corrected chi connectivity index (χ0v) is 16.3. The molecular formula is C24H21N3O3. The summed E-state index contributed by atoms with van der Waals surface area (Å²) in [7, 11) is 0. The number of amides is 1. The smallest absolute Gasteiger partial charge is 0.275 e. The molecule has 0 atom stereocenters. The van der Waals surface area contributed by atoms with Gasteiger partial charge in [0.25, 0.3) is 5.56 Å². The number of hydrogen-bond donors (Lipinski definition) is 1. The number of carbonyl (C=O) groups is 1. The van der Waals surface area contributed by atoms with Crippen LogP contribution < -0.4 is 15.6 Å². The maximum Gasteiger partial charge on any atom is 0.275 e. The third-order valence-corrected chi connectivity index (χ3v) is 4.71. The van der Waals surface area contributed by atoms with Gasteiger partial charge < -0.3 is 10.1 Å². The van der Waals surface area contributed by atoms with E-state index in [1.54, 1.807) is 18.3 Å². The van der Waals surface area contributed by atoms with Crippen LogP contribution in [0.4, 0.5) is 0 Å². The molecule has 1 N–H and O–H groups in total. The number of nitrogens with zero attached hydrogens (tertiary/aromatic N) is 2. The lowest BCUT2D eigenvalue weighted by atomic mass is 10.1. The van der Waals surface area contributed by atoms with Crippen LogP contribution in [-0.4, -0.2) is 28.8 Å². The summed E-state index contributed by atoms with van der Waals surface area (Å²) in [6.07, 6.45) is 1.59. The van der Waals surface area contributed by atoms with Gasteiger partial charge in [0, 0.05) is 10.9 Å². The van der Waals surface area contributed by atoms with E-state index in [1.165, 1.54) is 4.68 Å². The lowest BCUT2D eigenvalue weighted by molar-refractivity contribution is -0.122. The third kappa shape index (κ3) is 4.38. The van der Waals surface area contributed by atoms with Crippen molar-refractivity contribution in [1.82, 2.24) is 15.1 Å². The van der Waals surface area contributed by atoms with E-state index in [9.17, 15) is 9.59 Å². The van der Waals surface area contributed by atoms with Crippen LogP contribution in [0.5, 0.6) is 5.75 Å². The van der Waals surface area contributed by atoms with Crippen molar-refractivity contribution in [2.24, 2.45) is 0 Å². The highest BCUT2D eigenvalue weighted by Crippen LogP contribution is 2.29. The highest BCUT2D eigenvalue weighted by atomic mass is 16.5. The first kappa shape index (κ1) is 19.4. The molecule has 0 aliphatic heterocycles. The van der Waals surface area contributed by atoms with E-state index in [0.717, 1.165) is 22.3 Å². The summed E-state index contributed by atoms with van der Waals surface area (Å²) in [5.74, 6) is 0.463. The van der Waals surface area contributed by atoms with Crippen molar-refractivity contribution in [3.05, 3.63) is 95.4 Å². The van der Waals surface area contributed by atoms with Gasteiger partial charge in [-0.3, -0.25) is 9.59 Å². The SMILES string of the molecule is O=C(Cn1ncc2ccccc2c1=O)NCCOc1ccccc1-c1ccccc1. The van der Waals surface area contributed by atoms with E-state index >= 15 is 0 Å². The van der Waals surface area contributed by atoms with E-state index in [2.05, 4.69) is 10.4 Å². The molecule has 0 aliphatic carbocycles. The standard InChI is InChI=1S/C24H21N3O3/c28-23(17-27-24(29)21-12-5-4-10-19(21)16-26-27)25-14-15-30-22-13-7-6-11-20(22)18-8-2-1-3-9-18/h1-13,16H,14-15,17H2,(H,25,28). The van der Waals surface area contributed by atoms with E-state index < -0.39 is 0 Å². The van der Waals surface area contributed by atoms with Crippen molar-refractivity contribution < 1.29 is 9.53 Å². The van der Waals surface area contributed by atoms with E-state index in [1.807, 2.05) is 66.7 Å². The van der Waals surface area contributed by atoms with Crippen molar-refractivity contribution in [3.8, 4) is 16.9 Å².